The zero-order chi connectivity index (χ0) is 17.3. The minimum Gasteiger partial charge on any atom is -0.444 e. The van der Waals surface area contributed by atoms with E-state index in [0.29, 0.717) is 23.8 Å². The van der Waals surface area contributed by atoms with E-state index < -0.39 is 11.7 Å². The number of amides is 2. The van der Waals surface area contributed by atoms with Gasteiger partial charge < -0.3 is 15.4 Å². The molecule has 0 atom stereocenters. The van der Waals surface area contributed by atoms with Crippen LogP contribution < -0.4 is 10.6 Å². The largest absolute Gasteiger partial charge is 0.444 e. The predicted molar refractivity (Wildman–Crippen MR) is 89.7 cm³/mol. The predicted octanol–water partition coefficient (Wildman–Crippen LogP) is 3.16. The van der Waals surface area contributed by atoms with E-state index in [2.05, 4.69) is 15.6 Å². The maximum Gasteiger partial charge on any atom is 0.407 e. The van der Waals surface area contributed by atoms with Gasteiger partial charge in [-0.3, -0.25) is 9.78 Å². The van der Waals surface area contributed by atoms with Crippen molar-refractivity contribution in [3.63, 3.8) is 0 Å². The smallest absolute Gasteiger partial charge is 0.407 e. The number of alkyl carbamates (subject to hydrolysis) is 1. The van der Waals surface area contributed by atoms with Crippen molar-refractivity contribution in [3.05, 3.63) is 29.0 Å². The summed E-state index contributed by atoms with van der Waals surface area (Å²) in [6, 6.07) is 3.15. The second-order valence-electron chi connectivity index (χ2n) is 6.10. The third-order valence-electron chi connectivity index (χ3n) is 2.76. The first-order chi connectivity index (χ1) is 10.8. The first kappa shape index (κ1) is 19.2. The van der Waals surface area contributed by atoms with Gasteiger partial charge in [0.1, 0.15) is 11.3 Å². The van der Waals surface area contributed by atoms with Crippen LogP contribution in [0.2, 0.25) is 5.02 Å². The lowest BCUT2D eigenvalue weighted by Gasteiger charge is -2.19. The number of unbranched alkanes of at least 4 members (excludes halogenated alkanes) is 2. The third-order valence-corrected chi connectivity index (χ3v) is 3.00. The second-order valence-corrected chi connectivity index (χ2v) is 6.54. The Morgan fingerprint density at radius 3 is 2.43 bits per heavy atom. The van der Waals surface area contributed by atoms with Gasteiger partial charge in [0.05, 0.1) is 0 Å². The fourth-order valence-corrected chi connectivity index (χ4v) is 1.91. The summed E-state index contributed by atoms with van der Waals surface area (Å²) in [5.41, 5.74) is -0.174. The molecule has 23 heavy (non-hydrogen) atoms. The molecule has 0 aliphatic carbocycles. The van der Waals surface area contributed by atoms with Crippen LogP contribution in [0, 0.1) is 0 Å². The molecule has 0 radical (unpaired) electrons. The Morgan fingerprint density at radius 1 is 1.17 bits per heavy atom. The van der Waals surface area contributed by atoms with Crippen LogP contribution in [0.3, 0.4) is 0 Å². The van der Waals surface area contributed by atoms with Crippen molar-refractivity contribution in [1.82, 2.24) is 15.6 Å². The highest BCUT2D eigenvalue weighted by Gasteiger charge is 2.15. The summed E-state index contributed by atoms with van der Waals surface area (Å²) in [5, 5.41) is 5.97. The molecule has 0 aliphatic rings. The fourth-order valence-electron chi connectivity index (χ4n) is 1.75. The van der Waals surface area contributed by atoms with Gasteiger partial charge in [0.2, 0.25) is 0 Å². The van der Waals surface area contributed by atoms with Gasteiger partial charge in [-0.2, -0.15) is 0 Å². The molecule has 0 fully saturated rings. The van der Waals surface area contributed by atoms with Gasteiger partial charge >= 0.3 is 6.09 Å². The average Bonchev–Trinajstić information content (AvgIpc) is 2.44. The Bertz CT molecular complexity index is 530. The molecular formula is C16H24ClN3O3. The first-order valence-corrected chi connectivity index (χ1v) is 8.02. The highest BCUT2D eigenvalue weighted by Crippen LogP contribution is 2.08. The SMILES string of the molecule is CC(C)(C)OC(=O)NCCCCCNC(=O)c1cc(Cl)ccn1. The maximum absolute atomic E-state index is 11.8. The minimum absolute atomic E-state index is 0.237. The van der Waals surface area contributed by atoms with Crippen molar-refractivity contribution >= 4 is 23.6 Å². The van der Waals surface area contributed by atoms with Crippen molar-refractivity contribution in [1.29, 1.82) is 0 Å². The molecule has 0 bridgehead atoms. The highest BCUT2D eigenvalue weighted by atomic mass is 35.5. The van der Waals surface area contributed by atoms with E-state index in [4.69, 9.17) is 16.3 Å². The number of halogens is 1. The van der Waals surface area contributed by atoms with E-state index in [1.165, 1.54) is 12.3 Å². The summed E-state index contributed by atoms with van der Waals surface area (Å²) in [4.78, 5) is 27.2. The van der Waals surface area contributed by atoms with Crippen molar-refractivity contribution < 1.29 is 14.3 Å². The van der Waals surface area contributed by atoms with Gasteiger partial charge in [0.15, 0.2) is 0 Å². The molecule has 2 amide bonds. The monoisotopic (exact) mass is 341 g/mol. The molecule has 0 unspecified atom stereocenters. The van der Waals surface area contributed by atoms with Crippen LogP contribution in [0.15, 0.2) is 18.3 Å². The summed E-state index contributed by atoms with van der Waals surface area (Å²) < 4.78 is 5.13. The molecule has 0 spiro atoms. The van der Waals surface area contributed by atoms with Crippen LogP contribution in [0.4, 0.5) is 4.79 Å². The van der Waals surface area contributed by atoms with Crippen LogP contribution >= 0.6 is 11.6 Å². The van der Waals surface area contributed by atoms with E-state index >= 15 is 0 Å². The van der Waals surface area contributed by atoms with Gasteiger partial charge in [0, 0.05) is 24.3 Å². The van der Waals surface area contributed by atoms with Crippen molar-refractivity contribution in [2.75, 3.05) is 13.1 Å². The van der Waals surface area contributed by atoms with Crippen molar-refractivity contribution in [2.24, 2.45) is 0 Å². The Balaban J connectivity index is 2.07. The van der Waals surface area contributed by atoms with Crippen molar-refractivity contribution in [2.45, 2.75) is 45.6 Å². The van der Waals surface area contributed by atoms with Gasteiger partial charge in [-0.05, 0) is 52.2 Å². The normalized spacial score (nSPS) is 11.0. The van der Waals surface area contributed by atoms with Crippen LogP contribution in [-0.4, -0.2) is 35.7 Å². The number of nitrogens with one attached hydrogen (secondary N) is 2. The number of ether oxygens (including phenoxy) is 1. The molecule has 7 heteroatoms. The van der Waals surface area contributed by atoms with Crippen LogP contribution in [-0.2, 0) is 4.74 Å². The molecule has 6 nitrogen and oxygen atoms in total. The number of aromatic nitrogens is 1. The van der Waals surface area contributed by atoms with Crippen LogP contribution in [0.5, 0.6) is 0 Å². The van der Waals surface area contributed by atoms with E-state index in [1.807, 2.05) is 20.8 Å². The number of carbonyl (C=O) groups excluding carboxylic acids is 2. The number of hydrogen-bond acceptors (Lipinski definition) is 4. The molecule has 1 aromatic rings. The summed E-state index contributed by atoms with van der Waals surface area (Å²) in [7, 11) is 0. The molecule has 1 rings (SSSR count). The Hall–Kier alpha value is -1.82. The Kier molecular flexibility index (Phi) is 7.81. The number of carbonyl (C=O) groups is 2. The van der Waals surface area contributed by atoms with Gasteiger partial charge in [0.25, 0.3) is 5.91 Å². The van der Waals surface area contributed by atoms with Gasteiger partial charge in [-0.1, -0.05) is 11.6 Å². The van der Waals surface area contributed by atoms with Gasteiger partial charge in [-0.15, -0.1) is 0 Å². The number of hydrogen-bond donors (Lipinski definition) is 2. The molecule has 1 heterocycles. The van der Waals surface area contributed by atoms with E-state index in [-0.39, 0.29) is 5.91 Å². The fraction of sp³-hybridized carbons (Fsp3) is 0.562. The van der Waals surface area contributed by atoms with E-state index in [9.17, 15) is 9.59 Å². The lowest BCUT2D eigenvalue weighted by atomic mass is 10.2. The molecule has 1 aromatic heterocycles. The lowest BCUT2D eigenvalue weighted by molar-refractivity contribution is 0.0527. The minimum atomic E-state index is -0.483. The summed E-state index contributed by atoms with van der Waals surface area (Å²) in [6.45, 7) is 6.58. The molecule has 0 aliphatic heterocycles. The Labute approximate surface area is 142 Å². The maximum atomic E-state index is 11.8. The number of nitrogens with zero attached hydrogens (tertiary/aromatic N) is 1. The molecule has 128 valence electrons. The van der Waals surface area contributed by atoms with Crippen molar-refractivity contribution in [3.8, 4) is 0 Å². The highest BCUT2D eigenvalue weighted by molar-refractivity contribution is 6.30. The molecular weight excluding hydrogens is 318 g/mol. The summed E-state index contributed by atoms with van der Waals surface area (Å²) in [6.07, 6.45) is 3.63. The zero-order valence-corrected chi connectivity index (χ0v) is 14.6. The lowest BCUT2D eigenvalue weighted by Crippen LogP contribution is -2.33. The van der Waals surface area contributed by atoms with Crippen LogP contribution in [0.1, 0.15) is 50.5 Å². The molecule has 2 N–H and O–H groups in total. The quantitative estimate of drug-likeness (QED) is 0.746. The van der Waals surface area contributed by atoms with Crippen LogP contribution in [0.25, 0.3) is 0 Å². The summed E-state index contributed by atoms with van der Waals surface area (Å²) in [5.74, 6) is -0.237. The topological polar surface area (TPSA) is 80.3 Å². The molecule has 0 aromatic carbocycles. The van der Waals surface area contributed by atoms with E-state index in [1.54, 1.807) is 6.07 Å². The molecule has 0 saturated heterocycles. The van der Waals surface area contributed by atoms with E-state index in [0.717, 1.165) is 19.3 Å². The zero-order valence-electron chi connectivity index (χ0n) is 13.8. The number of pyridine rings is 1. The first-order valence-electron chi connectivity index (χ1n) is 7.64. The average molecular weight is 342 g/mol. The second kappa shape index (κ2) is 9.35. The summed E-state index contributed by atoms with van der Waals surface area (Å²) >= 11 is 5.81. The van der Waals surface area contributed by atoms with Gasteiger partial charge in [-0.25, -0.2) is 4.79 Å². The third kappa shape index (κ3) is 9.03. The molecule has 0 saturated carbocycles. The Morgan fingerprint density at radius 2 is 1.83 bits per heavy atom. The number of rotatable bonds is 7. The standard InChI is InChI=1S/C16H24ClN3O3/c1-16(2,3)23-15(22)20-9-6-4-5-8-19-14(21)13-11-12(17)7-10-18-13/h7,10-11H,4-6,8-9H2,1-3H3,(H,19,21)(H,20,22).